The lowest BCUT2D eigenvalue weighted by Crippen LogP contribution is -2.38. The average molecular weight is 372 g/mol. The van der Waals surface area contributed by atoms with Crippen molar-refractivity contribution in [1.29, 1.82) is 0 Å². The molecule has 1 aromatic carbocycles. The van der Waals surface area contributed by atoms with E-state index in [-0.39, 0.29) is 6.54 Å². The third kappa shape index (κ3) is 4.10. The summed E-state index contributed by atoms with van der Waals surface area (Å²) < 4.78 is 0. The van der Waals surface area contributed by atoms with Crippen molar-refractivity contribution in [3.8, 4) is 0 Å². The number of nitrogens with one attached hydrogen (secondary N) is 1. The van der Waals surface area contributed by atoms with Crippen molar-refractivity contribution in [2.24, 2.45) is 0 Å². The molecule has 0 spiro atoms. The molecular weight excluding hydrogens is 348 g/mol. The highest BCUT2D eigenvalue weighted by Crippen LogP contribution is 2.21. The van der Waals surface area contributed by atoms with Gasteiger partial charge in [0.2, 0.25) is 5.91 Å². The quantitative estimate of drug-likeness (QED) is 0.629. The highest BCUT2D eigenvalue weighted by molar-refractivity contribution is 6.45. The van der Waals surface area contributed by atoms with Gasteiger partial charge >= 0.3 is 17.8 Å². The highest BCUT2D eigenvalue weighted by Gasteiger charge is 2.44. The number of nitrogens with zero attached hydrogens (tertiary/aromatic N) is 3. The Morgan fingerprint density at radius 2 is 1.52 bits per heavy atom. The maximum atomic E-state index is 12.2. The fourth-order valence-corrected chi connectivity index (χ4v) is 3.40. The number of hydrogen-bond acceptors (Lipinski definition) is 5. The molecule has 0 bridgehead atoms. The smallest absolute Gasteiger partial charge is 0.334 e. The Kier molecular flexibility index (Phi) is 5.73. The molecule has 8 heteroatoms. The van der Waals surface area contributed by atoms with Gasteiger partial charge < -0.3 is 10.2 Å². The van der Waals surface area contributed by atoms with Crippen molar-refractivity contribution in [3.05, 3.63) is 24.3 Å². The van der Waals surface area contributed by atoms with Gasteiger partial charge in [-0.2, -0.15) is 0 Å². The normalized spacial score (nSPS) is 18.1. The molecular formula is C19H24N4O4. The number of rotatable bonds is 5. The summed E-state index contributed by atoms with van der Waals surface area (Å²) in [5, 5.41) is 2.67. The molecule has 0 radical (unpaired) electrons. The first-order valence-corrected chi connectivity index (χ1v) is 9.33. The fraction of sp³-hybridized carbons (Fsp3) is 0.474. The van der Waals surface area contributed by atoms with Crippen LogP contribution < -0.4 is 10.2 Å². The standard InChI is InChI=1S/C19H24N4O4/c1-2-22-17(25)18(26)23(19(22)27)13-16(24)20-14-7-9-15(10-8-14)21-11-5-3-4-6-12-21/h7-10H,2-6,11-13H2,1H3,(H,20,24). The van der Waals surface area contributed by atoms with Crippen molar-refractivity contribution in [1.82, 2.24) is 9.80 Å². The SMILES string of the molecule is CCN1C(=O)C(=O)N(CC(=O)Nc2ccc(N3CCCCCC3)cc2)C1=O. The van der Waals surface area contributed by atoms with E-state index in [1.807, 2.05) is 12.1 Å². The van der Waals surface area contributed by atoms with Gasteiger partial charge in [-0.25, -0.2) is 9.69 Å². The largest absolute Gasteiger partial charge is 0.372 e. The molecule has 0 aliphatic carbocycles. The zero-order chi connectivity index (χ0) is 19.4. The summed E-state index contributed by atoms with van der Waals surface area (Å²) in [5.74, 6) is -2.38. The summed E-state index contributed by atoms with van der Waals surface area (Å²) in [6, 6.07) is 6.76. The van der Waals surface area contributed by atoms with E-state index < -0.39 is 30.3 Å². The van der Waals surface area contributed by atoms with Gasteiger partial charge in [-0.3, -0.25) is 19.3 Å². The van der Waals surface area contributed by atoms with E-state index in [9.17, 15) is 19.2 Å². The fourth-order valence-electron chi connectivity index (χ4n) is 3.40. The maximum absolute atomic E-state index is 12.2. The molecule has 27 heavy (non-hydrogen) atoms. The number of carbonyl (C=O) groups excluding carboxylic acids is 4. The predicted octanol–water partition coefficient (Wildman–Crippen LogP) is 1.82. The van der Waals surface area contributed by atoms with Crippen LogP contribution in [-0.4, -0.2) is 59.7 Å². The van der Waals surface area contributed by atoms with E-state index in [0.29, 0.717) is 10.6 Å². The number of hydrogen-bond donors (Lipinski definition) is 1. The van der Waals surface area contributed by atoms with Crippen molar-refractivity contribution >= 4 is 35.1 Å². The molecule has 5 amide bonds. The number of carbonyl (C=O) groups is 4. The van der Waals surface area contributed by atoms with Gasteiger partial charge in [-0.05, 0) is 44.0 Å². The van der Waals surface area contributed by atoms with Crippen LogP contribution in [-0.2, 0) is 14.4 Å². The third-order valence-corrected chi connectivity index (χ3v) is 4.88. The number of anilines is 2. The van der Waals surface area contributed by atoms with Gasteiger partial charge in [0.25, 0.3) is 0 Å². The molecule has 0 saturated carbocycles. The Morgan fingerprint density at radius 1 is 0.926 bits per heavy atom. The number of benzene rings is 1. The number of imide groups is 2. The van der Waals surface area contributed by atoms with Crippen molar-refractivity contribution in [2.45, 2.75) is 32.6 Å². The summed E-state index contributed by atoms with van der Waals surface area (Å²) in [5.41, 5.74) is 1.69. The molecule has 0 atom stereocenters. The minimum absolute atomic E-state index is 0.0967. The van der Waals surface area contributed by atoms with Crippen LogP contribution in [0.15, 0.2) is 24.3 Å². The van der Waals surface area contributed by atoms with Gasteiger partial charge in [0.15, 0.2) is 0 Å². The topological polar surface area (TPSA) is 90.0 Å². The number of likely N-dealkylation sites (N-methyl/N-ethyl adjacent to an activating group) is 1. The summed E-state index contributed by atoms with van der Waals surface area (Å²) in [7, 11) is 0. The van der Waals surface area contributed by atoms with Crippen molar-refractivity contribution in [3.63, 3.8) is 0 Å². The summed E-state index contributed by atoms with van der Waals surface area (Å²) in [6.45, 7) is 3.28. The first-order valence-electron chi connectivity index (χ1n) is 9.33. The minimum atomic E-state index is -0.964. The highest BCUT2D eigenvalue weighted by atomic mass is 16.2. The first-order chi connectivity index (χ1) is 13.0. The average Bonchev–Trinajstić information content (AvgIpc) is 2.87. The lowest BCUT2D eigenvalue weighted by atomic mass is 10.2. The van der Waals surface area contributed by atoms with Crippen LogP contribution in [0.4, 0.5) is 16.2 Å². The predicted molar refractivity (Wildman–Crippen MR) is 100 cm³/mol. The van der Waals surface area contributed by atoms with Crippen LogP contribution in [0, 0.1) is 0 Å². The molecule has 3 rings (SSSR count). The van der Waals surface area contributed by atoms with Gasteiger partial charge in [0.1, 0.15) is 6.54 Å². The Bertz CT molecular complexity index is 739. The van der Waals surface area contributed by atoms with Gasteiger partial charge in [0.05, 0.1) is 0 Å². The monoisotopic (exact) mass is 372 g/mol. The lowest BCUT2D eigenvalue weighted by molar-refractivity contribution is -0.143. The number of amides is 5. The lowest BCUT2D eigenvalue weighted by Gasteiger charge is -2.22. The van der Waals surface area contributed by atoms with Gasteiger partial charge in [-0.1, -0.05) is 12.8 Å². The van der Waals surface area contributed by atoms with E-state index in [0.717, 1.165) is 23.7 Å². The summed E-state index contributed by atoms with van der Waals surface area (Å²) in [6.07, 6.45) is 4.89. The van der Waals surface area contributed by atoms with E-state index in [1.54, 1.807) is 19.1 Å². The maximum Gasteiger partial charge on any atom is 0.334 e. The summed E-state index contributed by atoms with van der Waals surface area (Å²) in [4.78, 5) is 51.6. The second-order valence-corrected chi connectivity index (χ2v) is 6.72. The van der Waals surface area contributed by atoms with Gasteiger partial charge in [0, 0.05) is 31.0 Å². The Labute approximate surface area is 158 Å². The molecule has 1 N–H and O–H groups in total. The molecule has 2 fully saturated rings. The molecule has 0 aromatic heterocycles. The number of urea groups is 1. The molecule has 1 aromatic rings. The third-order valence-electron chi connectivity index (χ3n) is 4.88. The Balaban J connectivity index is 1.59. The molecule has 8 nitrogen and oxygen atoms in total. The molecule has 2 saturated heterocycles. The van der Waals surface area contributed by atoms with Crippen LogP contribution in [0.25, 0.3) is 0 Å². The second kappa shape index (κ2) is 8.20. The van der Waals surface area contributed by atoms with E-state index >= 15 is 0 Å². The first kappa shape index (κ1) is 18.9. The Hall–Kier alpha value is -2.90. The molecule has 2 heterocycles. The summed E-state index contributed by atoms with van der Waals surface area (Å²) >= 11 is 0. The second-order valence-electron chi connectivity index (χ2n) is 6.72. The molecule has 0 unspecified atom stereocenters. The van der Waals surface area contributed by atoms with E-state index in [4.69, 9.17) is 0 Å². The molecule has 2 aliphatic rings. The zero-order valence-corrected chi connectivity index (χ0v) is 15.4. The van der Waals surface area contributed by atoms with E-state index in [2.05, 4.69) is 10.2 Å². The van der Waals surface area contributed by atoms with Gasteiger partial charge in [-0.15, -0.1) is 0 Å². The molecule has 2 aliphatic heterocycles. The van der Waals surface area contributed by atoms with Crippen LogP contribution in [0.2, 0.25) is 0 Å². The van der Waals surface area contributed by atoms with Crippen LogP contribution >= 0.6 is 0 Å². The molecule has 144 valence electrons. The van der Waals surface area contributed by atoms with Crippen LogP contribution in [0.3, 0.4) is 0 Å². The Morgan fingerprint density at radius 3 is 2.07 bits per heavy atom. The van der Waals surface area contributed by atoms with Crippen molar-refractivity contribution < 1.29 is 19.2 Å². The zero-order valence-electron chi connectivity index (χ0n) is 15.4. The van der Waals surface area contributed by atoms with Crippen molar-refractivity contribution in [2.75, 3.05) is 36.4 Å². The van der Waals surface area contributed by atoms with Crippen LogP contribution in [0.1, 0.15) is 32.6 Å². The van der Waals surface area contributed by atoms with E-state index in [1.165, 1.54) is 25.7 Å². The van der Waals surface area contributed by atoms with Crippen LogP contribution in [0.5, 0.6) is 0 Å². The minimum Gasteiger partial charge on any atom is -0.372 e.